The first kappa shape index (κ1) is 13.3. The summed E-state index contributed by atoms with van der Waals surface area (Å²) in [6, 6.07) is 0. The molecule has 0 saturated carbocycles. The van der Waals surface area contributed by atoms with Crippen molar-refractivity contribution >= 4 is 28.6 Å². The van der Waals surface area contributed by atoms with Crippen molar-refractivity contribution in [3.05, 3.63) is 0 Å². The van der Waals surface area contributed by atoms with E-state index in [0.717, 1.165) is 10.8 Å². The Bertz CT molecular complexity index is 226. The number of esters is 1. The minimum absolute atomic E-state index is 0.00864. The van der Waals surface area contributed by atoms with Crippen LogP contribution >= 0.6 is 22.6 Å². The fourth-order valence-electron chi connectivity index (χ4n) is 2.14. The molecule has 1 saturated heterocycles. The fourth-order valence-corrected chi connectivity index (χ4v) is 3.80. The molecule has 0 aromatic rings. The van der Waals surface area contributed by atoms with E-state index in [1.807, 2.05) is 13.8 Å². The number of carbonyl (C=O) groups is 1. The summed E-state index contributed by atoms with van der Waals surface area (Å²) in [5.74, 6) is 0.383. The SMILES string of the molecule is CCCCC[C@@H]1OC(=O)C(C)(C)[C@H]1CI. The third kappa shape index (κ3) is 2.86. The van der Waals surface area contributed by atoms with Crippen molar-refractivity contribution in [3.8, 4) is 0 Å². The van der Waals surface area contributed by atoms with E-state index in [2.05, 4.69) is 29.5 Å². The third-order valence-corrected chi connectivity index (χ3v) is 4.37. The average molecular weight is 324 g/mol. The molecule has 1 rings (SSSR count). The molecule has 1 aliphatic rings. The van der Waals surface area contributed by atoms with Gasteiger partial charge in [-0.3, -0.25) is 4.79 Å². The van der Waals surface area contributed by atoms with Crippen molar-refractivity contribution in [2.75, 3.05) is 4.43 Å². The molecule has 88 valence electrons. The summed E-state index contributed by atoms with van der Waals surface area (Å²) in [5.41, 5.74) is -0.280. The lowest BCUT2D eigenvalue weighted by atomic mass is 9.78. The standard InChI is InChI=1S/C12H21IO2/c1-4-5-6-7-10-9(8-13)12(2,3)11(14)15-10/h9-10H,4-8H2,1-3H3/t9-,10-/m0/s1. The van der Waals surface area contributed by atoms with Gasteiger partial charge in [-0.05, 0) is 26.7 Å². The van der Waals surface area contributed by atoms with Crippen LogP contribution in [0.25, 0.3) is 0 Å². The summed E-state index contributed by atoms with van der Waals surface area (Å²) in [4.78, 5) is 11.7. The quantitative estimate of drug-likeness (QED) is 0.334. The highest BCUT2D eigenvalue weighted by Crippen LogP contribution is 2.42. The Kier molecular flexibility index (Phi) is 4.87. The van der Waals surface area contributed by atoms with Crippen LogP contribution in [-0.2, 0) is 9.53 Å². The molecule has 0 radical (unpaired) electrons. The van der Waals surface area contributed by atoms with E-state index in [4.69, 9.17) is 4.74 Å². The van der Waals surface area contributed by atoms with Crippen molar-refractivity contribution in [1.82, 2.24) is 0 Å². The predicted molar refractivity (Wildman–Crippen MR) is 70.2 cm³/mol. The van der Waals surface area contributed by atoms with E-state index < -0.39 is 0 Å². The molecule has 0 N–H and O–H groups in total. The zero-order valence-electron chi connectivity index (χ0n) is 9.88. The van der Waals surface area contributed by atoms with Crippen molar-refractivity contribution in [1.29, 1.82) is 0 Å². The van der Waals surface area contributed by atoms with Crippen LogP contribution in [0.4, 0.5) is 0 Å². The molecule has 0 aromatic heterocycles. The molecule has 1 heterocycles. The highest BCUT2D eigenvalue weighted by molar-refractivity contribution is 14.1. The van der Waals surface area contributed by atoms with Crippen LogP contribution < -0.4 is 0 Å². The second-order valence-electron chi connectivity index (χ2n) is 4.92. The van der Waals surface area contributed by atoms with Gasteiger partial charge in [0.25, 0.3) is 0 Å². The van der Waals surface area contributed by atoms with Gasteiger partial charge in [-0.2, -0.15) is 0 Å². The number of unbranched alkanes of at least 4 members (excludes halogenated alkanes) is 2. The van der Waals surface area contributed by atoms with Gasteiger partial charge < -0.3 is 4.74 Å². The maximum atomic E-state index is 11.7. The minimum Gasteiger partial charge on any atom is -0.462 e. The van der Waals surface area contributed by atoms with E-state index in [-0.39, 0.29) is 17.5 Å². The average Bonchev–Trinajstić information content (AvgIpc) is 2.38. The lowest BCUT2D eigenvalue weighted by Gasteiger charge is -2.23. The van der Waals surface area contributed by atoms with Gasteiger partial charge in [0.2, 0.25) is 0 Å². The first-order valence-corrected chi connectivity index (χ1v) is 7.33. The summed E-state index contributed by atoms with van der Waals surface area (Å²) in [6.45, 7) is 6.22. The monoisotopic (exact) mass is 324 g/mol. The van der Waals surface area contributed by atoms with Crippen LogP contribution in [0, 0.1) is 11.3 Å². The number of cyclic esters (lactones) is 1. The van der Waals surface area contributed by atoms with Gasteiger partial charge >= 0.3 is 5.97 Å². The zero-order chi connectivity index (χ0) is 11.5. The second kappa shape index (κ2) is 5.51. The highest BCUT2D eigenvalue weighted by Gasteiger charge is 2.49. The van der Waals surface area contributed by atoms with Gasteiger partial charge in [0.15, 0.2) is 0 Å². The van der Waals surface area contributed by atoms with E-state index in [9.17, 15) is 4.79 Å². The number of hydrogen-bond acceptors (Lipinski definition) is 2. The summed E-state index contributed by atoms with van der Waals surface area (Å²) in [6.07, 6.45) is 4.84. The van der Waals surface area contributed by atoms with Gasteiger partial charge in [0, 0.05) is 10.3 Å². The molecule has 2 atom stereocenters. The van der Waals surface area contributed by atoms with Crippen molar-refractivity contribution in [3.63, 3.8) is 0 Å². The van der Waals surface area contributed by atoms with Crippen LogP contribution in [-0.4, -0.2) is 16.5 Å². The Morgan fingerprint density at radius 3 is 2.60 bits per heavy atom. The second-order valence-corrected chi connectivity index (χ2v) is 5.80. The number of hydrogen-bond donors (Lipinski definition) is 0. The molecule has 0 amide bonds. The lowest BCUT2D eigenvalue weighted by molar-refractivity contribution is -0.147. The molecule has 0 spiro atoms. The minimum atomic E-state index is -0.280. The number of rotatable bonds is 5. The van der Waals surface area contributed by atoms with Crippen LogP contribution in [0.5, 0.6) is 0 Å². The predicted octanol–water partition coefficient (Wildman–Crippen LogP) is 3.57. The van der Waals surface area contributed by atoms with E-state index >= 15 is 0 Å². The Labute approximate surface area is 106 Å². The summed E-state index contributed by atoms with van der Waals surface area (Å²) >= 11 is 2.37. The molecular weight excluding hydrogens is 303 g/mol. The maximum absolute atomic E-state index is 11.7. The number of halogens is 1. The Morgan fingerprint density at radius 2 is 2.07 bits per heavy atom. The molecule has 15 heavy (non-hydrogen) atoms. The van der Waals surface area contributed by atoms with Crippen LogP contribution in [0.15, 0.2) is 0 Å². The van der Waals surface area contributed by atoms with Gasteiger partial charge in [-0.25, -0.2) is 0 Å². The Morgan fingerprint density at radius 1 is 1.40 bits per heavy atom. The van der Waals surface area contributed by atoms with Crippen molar-refractivity contribution in [2.45, 2.75) is 52.6 Å². The topological polar surface area (TPSA) is 26.3 Å². The highest BCUT2D eigenvalue weighted by atomic mass is 127. The molecule has 0 unspecified atom stereocenters. The molecule has 2 nitrogen and oxygen atoms in total. The van der Waals surface area contributed by atoms with Crippen LogP contribution in [0.1, 0.15) is 46.5 Å². The smallest absolute Gasteiger partial charge is 0.312 e. The molecular formula is C12H21IO2. The number of ether oxygens (including phenoxy) is 1. The summed E-state index contributed by atoms with van der Waals surface area (Å²) in [5, 5.41) is 0. The first-order chi connectivity index (χ1) is 7.04. The van der Waals surface area contributed by atoms with Crippen molar-refractivity contribution < 1.29 is 9.53 Å². The van der Waals surface area contributed by atoms with Gasteiger partial charge in [0.1, 0.15) is 6.10 Å². The normalized spacial score (nSPS) is 29.2. The first-order valence-electron chi connectivity index (χ1n) is 5.81. The van der Waals surface area contributed by atoms with Crippen LogP contribution in [0.2, 0.25) is 0 Å². The van der Waals surface area contributed by atoms with Gasteiger partial charge in [-0.15, -0.1) is 0 Å². The largest absolute Gasteiger partial charge is 0.462 e. The van der Waals surface area contributed by atoms with Crippen molar-refractivity contribution in [2.24, 2.45) is 11.3 Å². The Hall–Kier alpha value is 0.200. The Balaban J connectivity index is 2.55. The van der Waals surface area contributed by atoms with E-state index in [1.165, 1.54) is 19.3 Å². The molecule has 1 aliphatic heterocycles. The zero-order valence-corrected chi connectivity index (χ0v) is 12.0. The molecule has 0 bridgehead atoms. The third-order valence-electron chi connectivity index (χ3n) is 3.42. The molecule has 3 heteroatoms. The summed E-state index contributed by atoms with van der Waals surface area (Å²) in [7, 11) is 0. The lowest BCUT2D eigenvalue weighted by Crippen LogP contribution is -2.29. The van der Waals surface area contributed by atoms with E-state index in [0.29, 0.717) is 5.92 Å². The maximum Gasteiger partial charge on any atom is 0.312 e. The molecule has 1 fully saturated rings. The molecule has 0 aromatic carbocycles. The summed E-state index contributed by atoms with van der Waals surface area (Å²) < 4.78 is 6.49. The molecule has 0 aliphatic carbocycles. The number of carbonyl (C=O) groups excluding carboxylic acids is 1. The van der Waals surface area contributed by atoms with Gasteiger partial charge in [0.05, 0.1) is 5.41 Å². The fraction of sp³-hybridized carbons (Fsp3) is 0.917. The van der Waals surface area contributed by atoms with Gasteiger partial charge in [-0.1, -0.05) is 42.4 Å². The number of alkyl halides is 1. The van der Waals surface area contributed by atoms with Crippen LogP contribution in [0.3, 0.4) is 0 Å². The van der Waals surface area contributed by atoms with E-state index in [1.54, 1.807) is 0 Å².